The van der Waals surface area contributed by atoms with Crippen LogP contribution in [-0.4, -0.2) is 77.0 Å². The first-order valence-corrected chi connectivity index (χ1v) is 11.9. The van der Waals surface area contributed by atoms with Gasteiger partial charge in [0.2, 0.25) is 11.9 Å². The van der Waals surface area contributed by atoms with Gasteiger partial charge in [0, 0.05) is 63.1 Å². The Hall–Kier alpha value is -2.38. The Morgan fingerprint density at radius 2 is 1.81 bits per heavy atom. The number of nitrogens with zero attached hydrogens (tertiary/aromatic N) is 5. The van der Waals surface area contributed by atoms with Gasteiger partial charge in [0.1, 0.15) is 0 Å². The first kappa shape index (κ1) is 20.5. The largest absolute Gasteiger partial charge is 0.342 e. The van der Waals surface area contributed by atoms with E-state index in [4.69, 9.17) is 0 Å². The summed E-state index contributed by atoms with van der Waals surface area (Å²) in [4.78, 5) is 41.6. The van der Waals surface area contributed by atoms with E-state index < -0.39 is 5.41 Å². The number of likely N-dealkylation sites (tertiary alicyclic amines) is 2. The zero-order valence-corrected chi connectivity index (χ0v) is 18.6. The van der Waals surface area contributed by atoms with Gasteiger partial charge in [-0.25, -0.2) is 14.8 Å². The molecule has 0 aromatic carbocycles. The molecule has 1 N–H and O–H groups in total. The Morgan fingerprint density at radius 1 is 1.10 bits per heavy atom. The maximum absolute atomic E-state index is 13.6. The van der Waals surface area contributed by atoms with Crippen molar-refractivity contribution in [2.45, 2.75) is 57.9 Å². The molecule has 0 bridgehead atoms. The summed E-state index contributed by atoms with van der Waals surface area (Å²) >= 11 is 0. The van der Waals surface area contributed by atoms with Crippen LogP contribution in [0.4, 0.5) is 10.7 Å². The van der Waals surface area contributed by atoms with Crippen LogP contribution in [0.25, 0.3) is 0 Å². The summed E-state index contributed by atoms with van der Waals surface area (Å²) in [7, 11) is 0. The second-order valence-corrected chi connectivity index (χ2v) is 9.82. The molecule has 8 nitrogen and oxygen atoms in total. The Kier molecular flexibility index (Phi) is 5.26. The highest BCUT2D eigenvalue weighted by Gasteiger charge is 2.65. The number of amides is 3. The average Bonchev–Trinajstić information content (AvgIpc) is 3.50. The predicted molar refractivity (Wildman–Crippen MR) is 118 cm³/mol. The Balaban J connectivity index is 1.36. The molecule has 168 valence electrons. The molecule has 4 heterocycles. The number of carbonyl (C=O) groups excluding carboxylic acids is 2. The quantitative estimate of drug-likeness (QED) is 0.802. The molecule has 1 aromatic heterocycles. The summed E-state index contributed by atoms with van der Waals surface area (Å²) in [6.07, 6.45) is 10.8. The van der Waals surface area contributed by atoms with Crippen molar-refractivity contribution in [3.05, 3.63) is 18.5 Å². The van der Waals surface area contributed by atoms with Gasteiger partial charge in [-0.2, -0.15) is 0 Å². The number of fused-ring (bicyclic) bond motifs is 1. The predicted octanol–water partition coefficient (Wildman–Crippen LogP) is 2.27. The lowest BCUT2D eigenvalue weighted by Gasteiger charge is -2.46. The van der Waals surface area contributed by atoms with Crippen molar-refractivity contribution in [2.24, 2.45) is 10.8 Å². The lowest BCUT2D eigenvalue weighted by atomic mass is 9.60. The van der Waals surface area contributed by atoms with Gasteiger partial charge in [-0.15, -0.1) is 0 Å². The SMILES string of the molecule is CCN1CC[C@]2(CN(c3ncccn3)CC23CCN(C(=O)NC2CCCC2)CC3)C1=O. The molecular formula is C23H34N6O2. The molecule has 0 unspecified atom stereocenters. The summed E-state index contributed by atoms with van der Waals surface area (Å²) in [5, 5.41) is 3.23. The van der Waals surface area contributed by atoms with Gasteiger partial charge < -0.3 is 20.0 Å². The molecule has 3 amide bonds. The molecule has 3 saturated heterocycles. The Bertz CT molecular complexity index is 819. The third-order valence-electron chi connectivity index (χ3n) is 8.38. The molecule has 3 aliphatic heterocycles. The normalized spacial score (nSPS) is 28.3. The first-order valence-electron chi connectivity index (χ1n) is 11.9. The van der Waals surface area contributed by atoms with Gasteiger partial charge >= 0.3 is 6.03 Å². The molecule has 1 saturated carbocycles. The van der Waals surface area contributed by atoms with Crippen LogP contribution in [0.3, 0.4) is 0 Å². The molecule has 1 atom stereocenters. The van der Waals surface area contributed by atoms with Crippen molar-refractivity contribution in [1.82, 2.24) is 25.1 Å². The van der Waals surface area contributed by atoms with E-state index in [1.54, 1.807) is 12.4 Å². The minimum absolute atomic E-state index is 0.0741. The number of anilines is 1. The molecule has 8 heteroatoms. The number of carbonyl (C=O) groups is 2. The Labute approximate surface area is 184 Å². The van der Waals surface area contributed by atoms with Crippen LogP contribution in [0.5, 0.6) is 0 Å². The molecule has 1 aliphatic carbocycles. The van der Waals surface area contributed by atoms with Gasteiger partial charge in [-0.1, -0.05) is 12.8 Å². The van der Waals surface area contributed by atoms with Crippen LogP contribution in [0.15, 0.2) is 18.5 Å². The van der Waals surface area contributed by atoms with Gasteiger partial charge in [-0.05, 0) is 45.1 Å². The van der Waals surface area contributed by atoms with E-state index in [2.05, 4.69) is 27.1 Å². The smallest absolute Gasteiger partial charge is 0.317 e. The van der Waals surface area contributed by atoms with Gasteiger partial charge in [0.05, 0.1) is 5.41 Å². The number of aromatic nitrogens is 2. The second-order valence-electron chi connectivity index (χ2n) is 9.82. The van der Waals surface area contributed by atoms with Crippen LogP contribution in [0.1, 0.15) is 51.9 Å². The number of urea groups is 1. The van der Waals surface area contributed by atoms with Gasteiger partial charge in [0.15, 0.2) is 0 Å². The third kappa shape index (κ3) is 3.34. The van der Waals surface area contributed by atoms with E-state index in [0.29, 0.717) is 31.6 Å². The third-order valence-corrected chi connectivity index (χ3v) is 8.38. The van der Waals surface area contributed by atoms with E-state index in [0.717, 1.165) is 51.7 Å². The van der Waals surface area contributed by atoms with Crippen LogP contribution in [0, 0.1) is 10.8 Å². The van der Waals surface area contributed by atoms with Crippen molar-refractivity contribution in [2.75, 3.05) is 44.2 Å². The molecule has 1 aromatic rings. The van der Waals surface area contributed by atoms with Crippen LogP contribution < -0.4 is 10.2 Å². The fourth-order valence-corrected chi connectivity index (χ4v) is 6.55. The van der Waals surface area contributed by atoms with Crippen LogP contribution in [-0.2, 0) is 4.79 Å². The highest BCUT2D eigenvalue weighted by Crippen LogP contribution is 2.58. The molecular weight excluding hydrogens is 392 g/mol. The zero-order valence-electron chi connectivity index (χ0n) is 18.6. The van der Waals surface area contributed by atoms with Crippen molar-refractivity contribution in [3.63, 3.8) is 0 Å². The van der Waals surface area contributed by atoms with E-state index in [1.165, 1.54) is 12.8 Å². The lowest BCUT2D eigenvalue weighted by molar-refractivity contribution is -0.141. The highest BCUT2D eigenvalue weighted by molar-refractivity contribution is 5.87. The minimum atomic E-state index is -0.393. The molecule has 2 spiro atoms. The number of nitrogens with one attached hydrogen (secondary N) is 1. The number of rotatable bonds is 3. The van der Waals surface area contributed by atoms with Crippen LogP contribution in [0.2, 0.25) is 0 Å². The van der Waals surface area contributed by atoms with E-state index in [1.807, 2.05) is 15.9 Å². The molecule has 4 aliphatic rings. The number of hydrogen-bond acceptors (Lipinski definition) is 5. The summed E-state index contributed by atoms with van der Waals surface area (Å²) < 4.78 is 0. The van der Waals surface area contributed by atoms with Gasteiger partial charge in [0.25, 0.3) is 0 Å². The molecule has 4 fully saturated rings. The van der Waals surface area contributed by atoms with E-state index in [-0.39, 0.29) is 17.4 Å². The topological polar surface area (TPSA) is 81.7 Å². The monoisotopic (exact) mass is 426 g/mol. The number of hydrogen-bond donors (Lipinski definition) is 1. The van der Waals surface area contributed by atoms with Gasteiger partial charge in [-0.3, -0.25) is 4.79 Å². The van der Waals surface area contributed by atoms with E-state index >= 15 is 0 Å². The fraction of sp³-hybridized carbons (Fsp3) is 0.739. The lowest BCUT2D eigenvalue weighted by Crippen LogP contribution is -2.55. The van der Waals surface area contributed by atoms with E-state index in [9.17, 15) is 9.59 Å². The molecule has 5 rings (SSSR count). The summed E-state index contributed by atoms with van der Waals surface area (Å²) in [6, 6.07) is 2.23. The molecule has 0 radical (unpaired) electrons. The number of piperidine rings is 1. The summed E-state index contributed by atoms with van der Waals surface area (Å²) in [5.41, 5.74) is -0.520. The van der Waals surface area contributed by atoms with Crippen molar-refractivity contribution in [3.8, 4) is 0 Å². The first-order chi connectivity index (χ1) is 15.1. The highest BCUT2D eigenvalue weighted by atomic mass is 16.2. The van der Waals surface area contributed by atoms with Crippen molar-refractivity contribution in [1.29, 1.82) is 0 Å². The Morgan fingerprint density at radius 3 is 2.45 bits per heavy atom. The average molecular weight is 427 g/mol. The minimum Gasteiger partial charge on any atom is -0.342 e. The standard InChI is InChI=1S/C23H34N6O2/c1-2-27-15-10-23(19(27)30)17-29(20-24-11-5-12-25-20)16-22(23)8-13-28(14-9-22)21(31)26-18-6-3-4-7-18/h5,11-12,18H,2-4,6-10,13-17H2,1H3,(H,26,31)/t23-/m0/s1. The van der Waals surface area contributed by atoms with Crippen molar-refractivity contribution >= 4 is 17.9 Å². The zero-order chi connectivity index (χ0) is 21.5. The second kappa shape index (κ2) is 7.95. The maximum Gasteiger partial charge on any atom is 0.317 e. The van der Waals surface area contributed by atoms with Crippen LogP contribution >= 0.6 is 0 Å². The maximum atomic E-state index is 13.6. The van der Waals surface area contributed by atoms with Crippen molar-refractivity contribution < 1.29 is 9.59 Å². The fourth-order valence-electron chi connectivity index (χ4n) is 6.55. The summed E-state index contributed by atoms with van der Waals surface area (Å²) in [5.74, 6) is 1.00. The summed E-state index contributed by atoms with van der Waals surface area (Å²) in [6.45, 7) is 6.54. The molecule has 31 heavy (non-hydrogen) atoms.